The van der Waals surface area contributed by atoms with Crippen molar-refractivity contribution in [3.8, 4) is 0 Å². The lowest BCUT2D eigenvalue weighted by atomic mass is 10.3. The number of thiazole rings is 1. The molecule has 0 saturated heterocycles. The molecule has 1 amide bonds. The monoisotopic (exact) mass is 262 g/mol. The number of amides is 1. The molecule has 0 unspecified atom stereocenters. The lowest BCUT2D eigenvalue weighted by Crippen LogP contribution is -2.27. The van der Waals surface area contributed by atoms with Gasteiger partial charge >= 0.3 is 0 Å². The predicted molar refractivity (Wildman–Crippen MR) is 71.4 cm³/mol. The average Bonchev–Trinajstić information content (AvgIpc) is 2.69. The van der Waals surface area contributed by atoms with Gasteiger partial charge in [-0.15, -0.1) is 11.3 Å². The van der Waals surface area contributed by atoms with Gasteiger partial charge in [-0.3, -0.25) is 9.59 Å². The normalized spacial score (nSPS) is 10.6. The number of Topliss-reactive ketones (excluding diaryl/α,β-unsaturated/α-hetero) is 1. The number of para-hydroxylation sites is 1. The first-order valence-electron chi connectivity index (χ1n) is 5.64. The summed E-state index contributed by atoms with van der Waals surface area (Å²) in [4.78, 5) is 28.5. The summed E-state index contributed by atoms with van der Waals surface area (Å²) in [6, 6.07) is 7.87. The Morgan fingerprint density at radius 3 is 2.72 bits per heavy atom. The van der Waals surface area contributed by atoms with Crippen molar-refractivity contribution >= 4 is 33.2 Å². The number of nitrogens with zero attached hydrogens (tertiary/aromatic N) is 2. The van der Waals surface area contributed by atoms with E-state index in [4.69, 9.17) is 0 Å². The van der Waals surface area contributed by atoms with Gasteiger partial charge in [0.25, 0.3) is 0 Å². The van der Waals surface area contributed by atoms with Crippen LogP contribution in [0.15, 0.2) is 24.3 Å². The van der Waals surface area contributed by atoms with Crippen LogP contribution in [-0.2, 0) is 16.1 Å². The van der Waals surface area contributed by atoms with Crippen LogP contribution in [0.4, 0.5) is 0 Å². The van der Waals surface area contributed by atoms with E-state index in [1.54, 1.807) is 23.3 Å². The molecule has 0 aliphatic heterocycles. The smallest absolute Gasteiger partial charge is 0.230 e. The highest BCUT2D eigenvalue weighted by atomic mass is 32.1. The summed E-state index contributed by atoms with van der Waals surface area (Å²) in [6.45, 7) is 1.87. The standard InChI is InChI=1S/C13H14N2O2S/c1-9(16)7-13(17)15(2)8-12-14-10-5-3-4-6-11(10)18-12/h3-6H,7-8H2,1-2H3. The Hall–Kier alpha value is -1.75. The van der Waals surface area contributed by atoms with Gasteiger partial charge in [0.15, 0.2) is 0 Å². The number of aromatic nitrogens is 1. The van der Waals surface area contributed by atoms with Crippen LogP contribution in [0.1, 0.15) is 18.4 Å². The van der Waals surface area contributed by atoms with Crippen LogP contribution in [0.3, 0.4) is 0 Å². The van der Waals surface area contributed by atoms with Crippen LogP contribution in [0.5, 0.6) is 0 Å². The van der Waals surface area contributed by atoms with Crippen molar-refractivity contribution in [3.05, 3.63) is 29.3 Å². The summed E-state index contributed by atoms with van der Waals surface area (Å²) < 4.78 is 1.11. The maximum atomic E-state index is 11.7. The van der Waals surface area contributed by atoms with E-state index in [9.17, 15) is 9.59 Å². The first-order chi connectivity index (χ1) is 8.56. The molecule has 2 rings (SSSR count). The molecule has 0 fully saturated rings. The zero-order valence-corrected chi connectivity index (χ0v) is 11.2. The van der Waals surface area contributed by atoms with Gasteiger partial charge in [-0.25, -0.2) is 4.98 Å². The summed E-state index contributed by atoms with van der Waals surface area (Å²) in [5, 5.41) is 0.885. The first-order valence-corrected chi connectivity index (χ1v) is 6.46. The minimum atomic E-state index is -0.165. The summed E-state index contributed by atoms with van der Waals surface area (Å²) >= 11 is 1.57. The second kappa shape index (κ2) is 5.27. The number of fused-ring (bicyclic) bond motifs is 1. The first kappa shape index (κ1) is 12.7. The van der Waals surface area contributed by atoms with E-state index >= 15 is 0 Å². The van der Waals surface area contributed by atoms with Gasteiger partial charge in [-0.1, -0.05) is 12.1 Å². The predicted octanol–water partition coefficient (Wildman–Crippen LogP) is 2.23. The molecule has 0 atom stereocenters. The topological polar surface area (TPSA) is 50.3 Å². The lowest BCUT2D eigenvalue weighted by Gasteiger charge is -2.14. The molecule has 1 heterocycles. The number of rotatable bonds is 4. The highest BCUT2D eigenvalue weighted by molar-refractivity contribution is 7.18. The Labute approximate surface area is 109 Å². The van der Waals surface area contributed by atoms with Crippen LogP contribution >= 0.6 is 11.3 Å². The van der Waals surface area contributed by atoms with Crippen molar-refractivity contribution in [2.24, 2.45) is 0 Å². The van der Waals surface area contributed by atoms with Crippen LogP contribution in [0.25, 0.3) is 10.2 Å². The van der Waals surface area contributed by atoms with Gasteiger partial charge in [0.1, 0.15) is 10.8 Å². The lowest BCUT2D eigenvalue weighted by molar-refractivity contribution is -0.134. The molecule has 2 aromatic rings. The van der Waals surface area contributed by atoms with Crippen molar-refractivity contribution in [3.63, 3.8) is 0 Å². The van der Waals surface area contributed by atoms with Crippen molar-refractivity contribution in [2.75, 3.05) is 7.05 Å². The molecule has 0 aliphatic rings. The number of benzene rings is 1. The van der Waals surface area contributed by atoms with Crippen LogP contribution in [0, 0.1) is 0 Å². The fourth-order valence-electron chi connectivity index (χ4n) is 1.63. The zero-order valence-electron chi connectivity index (χ0n) is 10.3. The van der Waals surface area contributed by atoms with Crippen LogP contribution < -0.4 is 0 Å². The Kier molecular flexibility index (Phi) is 3.72. The second-order valence-electron chi connectivity index (χ2n) is 4.20. The number of carbonyl (C=O) groups is 2. The third-order valence-electron chi connectivity index (χ3n) is 2.54. The van der Waals surface area contributed by atoms with Gasteiger partial charge in [-0.2, -0.15) is 0 Å². The maximum Gasteiger partial charge on any atom is 0.230 e. The van der Waals surface area contributed by atoms with E-state index in [-0.39, 0.29) is 18.1 Å². The molecular formula is C13H14N2O2S. The molecule has 18 heavy (non-hydrogen) atoms. The molecule has 1 aromatic heterocycles. The highest BCUT2D eigenvalue weighted by Gasteiger charge is 2.13. The minimum Gasteiger partial charge on any atom is -0.339 e. The number of carbonyl (C=O) groups excluding carboxylic acids is 2. The summed E-state index contributed by atoms with van der Waals surface area (Å²) in [7, 11) is 1.69. The third kappa shape index (κ3) is 2.92. The molecule has 94 valence electrons. The Morgan fingerprint density at radius 2 is 2.06 bits per heavy atom. The number of ketones is 1. The van der Waals surface area contributed by atoms with Crippen molar-refractivity contribution < 1.29 is 9.59 Å². The Balaban J connectivity index is 2.09. The molecular weight excluding hydrogens is 248 g/mol. The SMILES string of the molecule is CC(=O)CC(=O)N(C)Cc1nc2ccccc2s1. The van der Waals surface area contributed by atoms with Gasteiger partial charge in [0.2, 0.25) is 5.91 Å². The van der Waals surface area contributed by atoms with E-state index < -0.39 is 0 Å². The molecule has 4 nitrogen and oxygen atoms in total. The number of hydrogen-bond donors (Lipinski definition) is 0. The van der Waals surface area contributed by atoms with Gasteiger partial charge in [-0.05, 0) is 19.1 Å². The van der Waals surface area contributed by atoms with Gasteiger partial charge in [0, 0.05) is 7.05 Å². The van der Waals surface area contributed by atoms with Crippen LogP contribution in [-0.4, -0.2) is 28.6 Å². The molecule has 0 saturated carbocycles. The molecule has 1 aromatic carbocycles. The molecule has 0 bridgehead atoms. The fourth-order valence-corrected chi connectivity index (χ4v) is 2.65. The van der Waals surface area contributed by atoms with Crippen LogP contribution in [0.2, 0.25) is 0 Å². The van der Waals surface area contributed by atoms with E-state index in [0.717, 1.165) is 15.2 Å². The second-order valence-corrected chi connectivity index (χ2v) is 5.32. The number of hydrogen-bond acceptors (Lipinski definition) is 4. The van der Waals surface area contributed by atoms with Gasteiger partial charge in [0.05, 0.1) is 23.2 Å². The highest BCUT2D eigenvalue weighted by Crippen LogP contribution is 2.22. The Bertz CT molecular complexity index is 558. The molecule has 0 aliphatic carbocycles. The molecule has 5 heteroatoms. The minimum absolute atomic E-state index is 0.0403. The van der Waals surface area contributed by atoms with Crippen molar-refractivity contribution in [1.82, 2.24) is 9.88 Å². The summed E-state index contributed by atoms with van der Waals surface area (Å²) in [6.07, 6.45) is -0.0403. The maximum absolute atomic E-state index is 11.7. The average molecular weight is 262 g/mol. The largest absolute Gasteiger partial charge is 0.339 e. The molecule has 0 N–H and O–H groups in total. The van der Waals surface area contributed by atoms with E-state index in [2.05, 4.69) is 4.98 Å². The van der Waals surface area contributed by atoms with Crippen molar-refractivity contribution in [2.45, 2.75) is 19.9 Å². The summed E-state index contributed by atoms with van der Waals surface area (Å²) in [5.74, 6) is -0.280. The Morgan fingerprint density at radius 1 is 1.33 bits per heavy atom. The van der Waals surface area contributed by atoms with Gasteiger partial charge < -0.3 is 4.90 Å². The van der Waals surface area contributed by atoms with Crippen molar-refractivity contribution in [1.29, 1.82) is 0 Å². The fraction of sp³-hybridized carbons (Fsp3) is 0.308. The molecule has 0 radical (unpaired) electrons. The molecule has 0 spiro atoms. The van der Waals surface area contributed by atoms with E-state index in [1.807, 2.05) is 24.3 Å². The zero-order chi connectivity index (χ0) is 13.1. The van der Waals surface area contributed by atoms with E-state index in [0.29, 0.717) is 6.54 Å². The van der Waals surface area contributed by atoms with E-state index in [1.165, 1.54) is 6.92 Å². The quantitative estimate of drug-likeness (QED) is 0.794. The summed E-state index contributed by atoms with van der Waals surface area (Å²) in [5.41, 5.74) is 0.949. The third-order valence-corrected chi connectivity index (χ3v) is 3.56.